The van der Waals surface area contributed by atoms with Crippen LogP contribution in [0.1, 0.15) is 25.3 Å². The van der Waals surface area contributed by atoms with E-state index in [0.29, 0.717) is 12.4 Å². The molecule has 0 radical (unpaired) electrons. The summed E-state index contributed by atoms with van der Waals surface area (Å²) in [5.41, 5.74) is 1.13. The first-order valence-corrected chi connectivity index (χ1v) is 5.13. The Bertz CT molecular complexity index is 303. The van der Waals surface area contributed by atoms with Crippen LogP contribution < -0.4 is 4.74 Å². The molecule has 82 valence electrons. The molecule has 0 heterocycles. The summed E-state index contributed by atoms with van der Waals surface area (Å²) in [5, 5.41) is 0. The van der Waals surface area contributed by atoms with Crippen molar-refractivity contribution in [3.63, 3.8) is 0 Å². The van der Waals surface area contributed by atoms with Crippen molar-refractivity contribution in [1.82, 2.24) is 0 Å². The van der Waals surface area contributed by atoms with Crippen LogP contribution in [-0.2, 0) is 4.74 Å². The summed E-state index contributed by atoms with van der Waals surface area (Å²) in [4.78, 5) is 11.1. The van der Waals surface area contributed by atoms with Gasteiger partial charge in [-0.05, 0) is 25.5 Å². The molecule has 0 unspecified atom stereocenters. The summed E-state index contributed by atoms with van der Waals surface area (Å²) in [6.07, 6.45) is 1.23. The van der Waals surface area contributed by atoms with Crippen molar-refractivity contribution in [3.8, 4) is 5.75 Å². The topological polar surface area (TPSA) is 35.5 Å². The minimum absolute atomic E-state index is 0.418. The molecule has 1 rings (SSSR count). The Balaban J connectivity index is 2.34. The van der Waals surface area contributed by atoms with Gasteiger partial charge in [0.2, 0.25) is 0 Å². The molecule has 0 aliphatic rings. The van der Waals surface area contributed by atoms with E-state index < -0.39 is 6.16 Å². The minimum atomic E-state index is -0.632. The van der Waals surface area contributed by atoms with Gasteiger partial charge in [0.1, 0.15) is 5.75 Å². The van der Waals surface area contributed by atoms with Crippen molar-refractivity contribution >= 4 is 6.16 Å². The summed E-state index contributed by atoms with van der Waals surface area (Å²) in [6, 6.07) is 7.26. The number of carbonyl (C=O) groups excluding carboxylic acids is 1. The quantitative estimate of drug-likeness (QED) is 0.432. The molecule has 3 nitrogen and oxygen atoms in total. The predicted molar refractivity (Wildman–Crippen MR) is 58.1 cm³/mol. The maximum absolute atomic E-state index is 11.1. The molecule has 0 saturated carbocycles. The third-order valence-corrected chi connectivity index (χ3v) is 1.94. The molecule has 0 N–H and O–H groups in total. The number of aryl methyl sites for hydroxylation is 1. The molecule has 0 aliphatic heterocycles. The summed E-state index contributed by atoms with van der Waals surface area (Å²) in [7, 11) is 0. The van der Waals surface area contributed by atoms with Gasteiger partial charge >= 0.3 is 6.16 Å². The minimum Gasteiger partial charge on any atom is -0.434 e. The van der Waals surface area contributed by atoms with Crippen LogP contribution in [0.5, 0.6) is 5.75 Å². The van der Waals surface area contributed by atoms with E-state index in [1.54, 1.807) is 12.1 Å². The van der Waals surface area contributed by atoms with Gasteiger partial charge in [0.05, 0.1) is 6.61 Å². The van der Waals surface area contributed by atoms with Gasteiger partial charge in [-0.25, -0.2) is 4.79 Å². The standard InChI is InChI=1S/C12H16O3/c1-3-4-9-14-12(13)15-11-7-5-10(2)6-8-11/h5-8H,3-4,9H2,1-2H3. The van der Waals surface area contributed by atoms with Crippen molar-refractivity contribution in [2.75, 3.05) is 6.61 Å². The second-order valence-corrected chi connectivity index (χ2v) is 3.37. The Morgan fingerprint density at radius 3 is 2.53 bits per heavy atom. The van der Waals surface area contributed by atoms with E-state index in [4.69, 9.17) is 9.47 Å². The highest BCUT2D eigenvalue weighted by atomic mass is 16.7. The number of unbranched alkanes of at least 4 members (excludes halogenated alkanes) is 1. The molecule has 0 aromatic heterocycles. The fraction of sp³-hybridized carbons (Fsp3) is 0.417. The molecule has 0 bridgehead atoms. The molecule has 0 amide bonds. The zero-order valence-corrected chi connectivity index (χ0v) is 9.16. The summed E-state index contributed by atoms with van der Waals surface area (Å²) < 4.78 is 9.81. The molecule has 15 heavy (non-hydrogen) atoms. The van der Waals surface area contributed by atoms with E-state index in [1.807, 2.05) is 26.0 Å². The van der Waals surface area contributed by atoms with Gasteiger partial charge in [0.15, 0.2) is 0 Å². The second-order valence-electron chi connectivity index (χ2n) is 3.37. The van der Waals surface area contributed by atoms with Gasteiger partial charge in [-0.15, -0.1) is 0 Å². The lowest BCUT2D eigenvalue weighted by Crippen LogP contribution is -2.11. The number of hydrogen-bond acceptors (Lipinski definition) is 3. The van der Waals surface area contributed by atoms with E-state index in [-0.39, 0.29) is 0 Å². The maximum Gasteiger partial charge on any atom is 0.513 e. The van der Waals surface area contributed by atoms with Gasteiger partial charge in [0, 0.05) is 0 Å². The van der Waals surface area contributed by atoms with E-state index >= 15 is 0 Å². The van der Waals surface area contributed by atoms with Crippen LogP contribution in [0, 0.1) is 6.92 Å². The van der Waals surface area contributed by atoms with Crippen molar-refractivity contribution < 1.29 is 14.3 Å². The average Bonchev–Trinajstić information content (AvgIpc) is 2.22. The Hall–Kier alpha value is -1.51. The summed E-state index contributed by atoms with van der Waals surface area (Å²) in [6.45, 7) is 4.43. The number of ether oxygens (including phenoxy) is 2. The van der Waals surface area contributed by atoms with Crippen molar-refractivity contribution in [2.24, 2.45) is 0 Å². The van der Waals surface area contributed by atoms with Crippen molar-refractivity contribution in [2.45, 2.75) is 26.7 Å². The van der Waals surface area contributed by atoms with Crippen LogP contribution in [-0.4, -0.2) is 12.8 Å². The van der Waals surface area contributed by atoms with Crippen molar-refractivity contribution in [3.05, 3.63) is 29.8 Å². The zero-order valence-electron chi connectivity index (χ0n) is 9.16. The second kappa shape index (κ2) is 6.06. The van der Waals surface area contributed by atoms with E-state index in [2.05, 4.69) is 0 Å². The normalized spacial score (nSPS) is 9.73. The highest BCUT2D eigenvalue weighted by molar-refractivity contribution is 5.63. The lowest BCUT2D eigenvalue weighted by Gasteiger charge is -2.05. The fourth-order valence-electron chi connectivity index (χ4n) is 1.03. The number of rotatable bonds is 4. The Kier molecular flexibility index (Phi) is 4.68. The van der Waals surface area contributed by atoms with Gasteiger partial charge in [-0.2, -0.15) is 0 Å². The highest BCUT2D eigenvalue weighted by Crippen LogP contribution is 2.12. The molecule has 0 saturated heterocycles. The lowest BCUT2D eigenvalue weighted by molar-refractivity contribution is 0.0978. The Labute approximate surface area is 90.0 Å². The number of carbonyl (C=O) groups is 1. The average molecular weight is 208 g/mol. The van der Waals surface area contributed by atoms with Crippen LogP contribution >= 0.6 is 0 Å². The Morgan fingerprint density at radius 1 is 1.27 bits per heavy atom. The van der Waals surface area contributed by atoms with Crippen LogP contribution in [0.2, 0.25) is 0 Å². The molecular weight excluding hydrogens is 192 g/mol. The van der Waals surface area contributed by atoms with Gasteiger partial charge in [-0.3, -0.25) is 0 Å². The van der Waals surface area contributed by atoms with Gasteiger partial charge in [0.25, 0.3) is 0 Å². The predicted octanol–water partition coefficient (Wildman–Crippen LogP) is 3.31. The number of hydrogen-bond donors (Lipinski definition) is 0. The Morgan fingerprint density at radius 2 is 1.93 bits per heavy atom. The van der Waals surface area contributed by atoms with E-state index in [1.165, 1.54) is 0 Å². The molecular formula is C12H16O3. The smallest absolute Gasteiger partial charge is 0.434 e. The molecule has 1 aromatic carbocycles. The van der Waals surface area contributed by atoms with Crippen LogP contribution in [0.3, 0.4) is 0 Å². The van der Waals surface area contributed by atoms with Crippen LogP contribution in [0.4, 0.5) is 4.79 Å². The summed E-state index contributed by atoms with van der Waals surface area (Å²) >= 11 is 0. The molecule has 0 atom stereocenters. The first-order chi connectivity index (χ1) is 7.22. The molecule has 3 heteroatoms. The third kappa shape index (κ3) is 4.49. The first-order valence-electron chi connectivity index (χ1n) is 5.13. The largest absolute Gasteiger partial charge is 0.513 e. The van der Waals surface area contributed by atoms with Gasteiger partial charge in [-0.1, -0.05) is 31.0 Å². The van der Waals surface area contributed by atoms with Gasteiger partial charge < -0.3 is 9.47 Å². The highest BCUT2D eigenvalue weighted by Gasteiger charge is 2.04. The van der Waals surface area contributed by atoms with E-state index in [9.17, 15) is 4.79 Å². The zero-order chi connectivity index (χ0) is 11.1. The van der Waals surface area contributed by atoms with E-state index in [0.717, 1.165) is 18.4 Å². The number of benzene rings is 1. The maximum atomic E-state index is 11.1. The molecule has 0 aliphatic carbocycles. The lowest BCUT2D eigenvalue weighted by atomic mass is 10.2. The SMILES string of the molecule is CCCCOC(=O)Oc1ccc(C)cc1. The molecule has 0 spiro atoms. The summed E-state index contributed by atoms with van der Waals surface area (Å²) in [5.74, 6) is 0.516. The first kappa shape index (κ1) is 11.6. The van der Waals surface area contributed by atoms with Crippen molar-refractivity contribution in [1.29, 1.82) is 0 Å². The molecule has 0 fully saturated rings. The molecule has 1 aromatic rings. The monoisotopic (exact) mass is 208 g/mol. The third-order valence-electron chi connectivity index (χ3n) is 1.94. The van der Waals surface area contributed by atoms with Crippen LogP contribution in [0.15, 0.2) is 24.3 Å². The fourth-order valence-corrected chi connectivity index (χ4v) is 1.03. The van der Waals surface area contributed by atoms with Crippen LogP contribution in [0.25, 0.3) is 0 Å².